The van der Waals surface area contributed by atoms with Crippen molar-refractivity contribution in [1.29, 1.82) is 0 Å². The maximum absolute atomic E-state index is 12.1. The summed E-state index contributed by atoms with van der Waals surface area (Å²) in [4.78, 5) is 37.7. The lowest BCUT2D eigenvalue weighted by atomic mass is 10.1. The van der Waals surface area contributed by atoms with Gasteiger partial charge < -0.3 is 10.0 Å². The van der Waals surface area contributed by atoms with Gasteiger partial charge in [-0.25, -0.2) is 4.79 Å². The molecule has 1 N–H and O–H groups in total. The number of anilines is 1. The molecule has 1 saturated heterocycles. The number of carboxylic acid groups (broad SMARTS) is 1. The zero-order valence-corrected chi connectivity index (χ0v) is 12.3. The molecule has 0 spiro atoms. The van der Waals surface area contributed by atoms with E-state index < -0.39 is 23.8 Å². The van der Waals surface area contributed by atoms with Gasteiger partial charge >= 0.3 is 5.97 Å². The molecule has 112 valence electrons. The lowest BCUT2D eigenvalue weighted by molar-refractivity contribution is -0.157. The summed E-state index contributed by atoms with van der Waals surface area (Å²) in [5, 5.41) is 8.97. The quantitative estimate of drug-likeness (QED) is 0.839. The molecule has 1 heterocycles. The van der Waals surface area contributed by atoms with Gasteiger partial charge in [0, 0.05) is 5.69 Å². The topological polar surface area (TPSA) is 77.9 Å². The van der Waals surface area contributed by atoms with Crippen LogP contribution in [-0.2, 0) is 14.4 Å². The number of carbonyl (C=O) groups excluding carboxylic acids is 2. The second-order valence-electron chi connectivity index (χ2n) is 5.37. The average Bonchev–Trinajstić information content (AvgIpc) is 2.36. The molecule has 2 rings (SSSR count). The SMILES string of the molecule is Cc1cc(C)cc(N2CC(=O)N(C(C)C(=O)O)C(=O)C2)c1. The highest BCUT2D eigenvalue weighted by atomic mass is 16.4. The molecule has 0 saturated carbocycles. The maximum Gasteiger partial charge on any atom is 0.326 e. The van der Waals surface area contributed by atoms with Crippen molar-refractivity contribution in [1.82, 2.24) is 4.90 Å². The van der Waals surface area contributed by atoms with Crippen molar-refractivity contribution in [2.75, 3.05) is 18.0 Å². The van der Waals surface area contributed by atoms with Crippen LogP contribution in [0.1, 0.15) is 18.1 Å². The van der Waals surface area contributed by atoms with Gasteiger partial charge in [0.25, 0.3) is 0 Å². The summed E-state index contributed by atoms with van der Waals surface area (Å²) in [5.41, 5.74) is 2.90. The monoisotopic (exact) mass is 290 g/mol. The minimum absolute atomic E-state index is 0.00620. The highest BCUT2D eigenvalue weighted by Crippen LogP contribution is 2.21. The van der Waals surface area contributed by atoms with E-state index in [4.69, 9.17) is 5.11 Å². The predicted molar refractivity (Wildman–Crippen MR) is 77.1 cm³/mol. The van der Waals surface area contributed by atoms with Crippen LogP contribution in [0.2, 0.25) is 0 Å². The molecule has 1 fully saturated rings. The van der Waals surface area contributed by atoms with Crippen molar-refractivity contribution in [3.63, 3.8) is 0 Å². The van der Waals surface area contributed by atoms with Crippen molar-refractivity contribution < 1.29 is 19.5 Å². The van der Waals surface area contributed by atoms with E-state index in [0.29, 0.717) is 0 Å². The van der Waals surface area contributed by atoms with Gasteiger partial charge in [-0.1, -0.05) is 6.07 Å². The van der Waals surface area contributed by atoms with Crippen LogP contribution in [0.3, 0.4) is 0 Å². The molecular formula is C15H18N2O4. The van der Waals surface area contributed by atoms with Crippen molar-refractivity contribution in [3.05, 3.63) is 29.3 Å². The Labute approximate surface area is 123 Å². The zero-order chi connectivity index (χ0) is 15.7. The highest BCUT2D eigenvalue weighted by Gasteiger charge is 2.37. The molecular weight excluding hydrogens is 272 g/mol. The fraction of sp³-hybridized carbons (Fsp3) is 0.400. The number of nitrogens with zero attached hydrogens (tertiary/aromatic N) is 2. The number of aliphatic carboxylic acids is 1. The van der Waals surface area contributed by atoms with Crippen molar-refractivity contribution >= 4 is 23.5 Å². The Morgan fingerprint density at radius 3 is 2.00 bits per heavy atom. The van der Waals surface area contributed by atoms with Crippen LogP contribution >= 0.6 is 0 Å². The first-order valence-electron chi connectivity index (χ1n) is 6.70. The molecule has 0 aliphatic carbocycles. The number of rotatable bonds is 3. The fourth-order valence-corrected chi connectivity index (χ4v) is 2.53. The third-order valence-electron chi connectivity index (χ3n) is 3.51. The van der Waals surface area contributed by atoms with Crippen LogP contribution in [0.25, 0.3) is 0 Å². The number of carboxylic acids is 1. The molecule has 0 bridgehead atoms. The summed E-state index contributed by atoms with van der Waals surface area (Å²) in [6, 6.07) is 4.69. The van der Waals surface area contributed by atoms with Gasteiger partial charge in [0.05, 0.1) is 13.1 Å². The van der Waals surface area contributed by atoms with Gasteiger partial charge in [0.15, 0.2) is 0 Å². The van der Waals surface area contributed by atoms with E-state index in [1.807, 2.05) is 32.0 Å². The van der Waals surface area contributed by atoms with Crippen LogP contribution in [0.5, 0.6) is 0 Å². The standard InChI is InChI=1S/C15H18N2O4/c1-9-4-10(2)6-12(5-9)16-7-13(18)17(14(19)8-16)11(3)15(20)21/h4-6,11H,7-8H2,1-3H3,(H,20,21). The van der Waals surface area contributed by atoms with E-state index in [0.717, 1.165) is 21.7 Å². The molecule has 6 nitrogen and oxygen atoms in total. The van der Waals surface area contributed by atoms with E-state index in [1.54, 1.807) is 4.90 Å². The molecule has 1 aliphatic heterocycles. The number of carbonyl (C=O) groups is 3. The molecule has 1 atom stereocenters. The molecule has 1 aromatic rings. The largest absolute Gasteiger partial charge is 0.480 e. The smallest absolute Gasteiger partial charge is 0.326 e. The molecule has 2 amide bonds. The number of amides is 2. The molecule has 1 aromatic carbocycles. The lowest BCUT2D eigenvalue weighted by Crippen LogP contribution is -2.58. The number of imide groups is 1. The summed E-state index contributed by atoms with van der Waals surface area (Å²) < 4.78 is 0. The zero-order valence-electron chi connectivity index (χ0n) is 12.3. The Hall–Kier alpha value is -2.37. The van der Waals surface area contributed by atoms with Gasteiger partial charge in [-0.3, -0.25) is 14.5 Å². The number of piperazine rings is 1. The van der Waals surface area contributed by atoms with Crippen LogP contribution in [0, 0.1) is 13.8 Å². The number of hydrogen-bond acceptors (Lipinski definition) is 4. The number of benzene rings is 1. The first-order valence-corrected chi connectivity index (χ1v) is 6.70. The van der Waals surface area contributed by atoms with E-state index >= 15 is 0 Å². The van der Waals surface area contributed by atoms with Gasteiger partial charge in [-0.15, -0.1) is 0 Å². The summed E-state index contributed by atoms with van der Waals surface area (Å²) >= 11 is 0. The van der Waals surface area contributed by atoms with Gasteiger partial charge in [-0.05, 0) is 44.0 Å². The average molecular weight is 290 g/mol. The highest BCUT2D eigenvalue weighted by molar-refractivity contribution is 6.05. The fourth-order valence-electron chi connectivity index (χ4n) is 2.53. The lowest BCUT2D eigenvalue weighted by Gasteiger charge is -2.35. The van der Waals surface area contributed by atoms with E-state index in [9.17, 15) is 14.4 Å². The predicted octanol–water partition coefficient (Wildman–Crippen LogP) is 0.952. The van der Waals surface area contributed by atoms with E-state index in [-0.39, 0.29) is 13.1 Å². The molecule has 6 heteroatoms. The van der Waals surface area contributed by atoms with Crippen LogP contribution in [-0.4, -0.2) is 46.9 Å². The first-order chi connectivity index (χ1) is 9.79. The first kappa shape index (κ1) is 15.0. The van der Waals surface area contributed by atoms with E-state index in [2.05, 4.69) is 0 Å². The van der Waals surface area contributed by atoms with Crippen molar-refractivity contribution in [3.8, 4) is 0 Å². The summed E-state index contributed by atoms with van der Waals surface area (Å²) in [6.45, 7) is 5.24. The van der Waals surface area contributed by atoms with Gasteiger partial charge in [0.2, 0.25) is 11.8 Å². The third-order valence-corrected chi connectivity index (χ3v) is 3.51. The Balaban J connectivity index is 2.24. The molecule has 21 heavy (non-hydrogen) atoms. The Kier molecular flexibility index (Phi) is 3.97. The number of hydrogen-bond donors (Lipinski definition) is 1. The third kappa shape index (κ3) is 3.04. The Morgan fingerprint density at radius 1 is 1.10 bits per heavy atom. The molecule has 0 radical (unpaired) electrons. The van der Waals surface area contributed by atoms with E-state index in [1.165, 1.54) is 6.92 Å². The van der Waals surface area contributed by atoms with Gasteiger partial charge in [0.1, 0.15) is 6.04 Å². The minimum atomic E-state index is -1.18. The van der Waals surface area contributed by atoms with Crippen molar-refractivity contribution in [2.24, 2.45) is 0 Å². The Morgan fingerprint density at radius 2 is 1.57 bits per heavy atom. The summed E-state index contributed by atoms with van der Waals surface area (Å²) in [7, 11) is 0. The second-order valence-corrected chi connectivity index (χ2v) is 5.37. The minimum Gasteiger partial charge on any atom is -0.480 e. The molecule has 0 aromatic heterocycles. The number of aryl methyl sites for hydroxylation is 2. The van der Waals surface area contributed by atoms with Gasteiger partial charge in [-0.2, -0.15) is 0 Å². The van der Waals surface area contributed by atoms with Crippen molar-refractivity contribution in [2.45, 2.75) is 26.8 Å². The van der Waals surface area contributed by atoms with Crippen LogP contribution in [0.4, 0.5) is 5.69 Å². The maximum atomic E-state index is 12.1. The summed E-state index contributed by atoms with van der Waals surface area (Å²) in [5.74, 6) is -2.16. The summed E-state index contributed by atoms with van der Waals surface area (Å²) in [6.07, 6.45) is 0. The second kappa shape index (κ2) is 5.55. The molecule has 1 aliphatic rings. The molecule has 1 unspecified atom stereocenters. The normalized spacial score (nSPS) is 17.1. The Bertz CT molecular complexity index is 573. The van der Waals surface area contributed by atoms with Crippen LogP contribution < -0.4 is 4.90 Å². The van der Waals surface area contributed by atoms with Crippen LogP contribution in [0.15, 0.2) is 18.2 Å².